The lowest BCUT2D eigenvalue weighted by atomic mass is 10.1. The zero-order valence-electron chi connectivity index (χ0n) is 13.4. The topological polar surface area (TPSA) is 62.1 Å². The van der Waals surface area contributed by atoms with Crippen LogP contribution in [-0.2, 0) is 4.79 Å². The average Bonchev–Trinajstić information content (AvgIpc) is 2.94. The van der Waals surface area contributed by atoms with Crippen LogP contribution in [0.2, 0.25) is 0 Å². The van der Waals surface area contributed by atoms with Gasteiger partial charge in [-0.2, -0.15) is 4.99 Å². The number of hydrogen-bond acceptors (Lipinski definition) is 5. The summed E-state index contributed by atoms with van der Waals surface area (Å²) in [5, 5.41) is 10.8. The number of thioether (sulfide) groups is 1. The Kier molecular flexibility index (Phi) is 5.50. The standard InChI is InChI=1S/C17H19BrN2O3S/c1-2-23-13-9-11(8-12(18)15(13)21)10-14-16(22)19-17(24-14)20-6-4-3-5-7-20/h8-10,21H,2-7H2,1H3/b14-10-. The average molecular weight is 411 g/mol. The molecule has 7 heteroatoms. The number of rotatable bonds is 3. The number of amides is 1. The van der Waals surface area contributed by atoms with Gasteiger partial charge in [-0.1, -0.05) is 0 Å². The number of aliphatic imine (C=N–C) groups is 1. The number of nitrogens with zero attached hydrogens (tertiary/aromatic N) is 2. The molecule has 2 aliphatic rings. The van der Waals surface area contributed by atoms with Crippen LogP contribution in [-0.4, -0.2) is 40.8 Å². The van der Waals surface area contributed by atoms with Crippen LogP contribution in [0.15, 0.2) is 26.5 Å². The Morgan fingerprint density at radius 1 is 1.38 bits per heavy atom. The smallest absolute Gasteiger partial charge is 0.286 e. The van der Waals surface area contributed by atoms with E-state index in [1.807, 2.05) is 6.92 Å². The largest absolute Gasteiger partial charge is 0.503 e. The molecule has 1 N–H and O–H groups in total. The van der Waals surface area contributed by atoms with Crippen molar-refractivity contribution < 1.29 is 14.6 Å². The van der Waals surface area contributed by atoms with Gasteiger partial charge in [0.2, 0.25) is 0 Å². The minimum Gasteiger partial charge on any atom is -0.503 e. The first-order chi connectivity index (χ1) is 11.6. The summed E-state index contributed by atoms with van der Waals surface area (Å²) in [6.45, 7) is 4.24. The van der Waals surface area contributed by atoms with Crippen LogP contribution < -0.4 is 4.74 Å². The van der Waals surface area contributed by atoms with Gasteiger partial charge in [0.25, 0.3) is 5.91 Å². The fourth-order valence-electron chi connectivity index (χ4n) is 2.71. The summed E-state index contributed by atoms with van der Waals surface area (Å²) < 4.78 is 5.96. The van der Waals surface area contributed by atoms with E-state index in [4.69, 9.17) is 4.74 Å². The van der Waals surface area contributed by atoms with Crippen LogP contribution in [0, 0.1) is 0 Å². The van der Waals surface area contributed by atoms with Crippen molar-refractivity contribution in [2.24, 2.45) is 4.99 Å². The summed E-state index contributed by atoms with van der Waals surface area (Å²) >= 11 is 4.74. The third-order valence-corrected chi connectivity index (χ3v) is 5.53. The fourth-order valence-corrected chi connectivity index (χ4v) is 4.14. The molecule has 1 aromatic rings. The highest BCUT2D eigenvalue weighted by atomic mass is 79.9. The summed E-state index contributed by atoms with van der Waals surface area (Å²) in [5.74, 6) is 0.253. The number of likely N-dealkylation sites (tertiary alicyclic amines) is 1. The Balaban J connectivity index is 1.81. The Hall–Kier alpha value is -1.47. The lowest BCUT2D eigenvalue weighted by molar-refractivity contribution is -0.113. The summed E-state index contributed by atoms with van der Waals surface area (Å²) in [6, 6.07) is 3.49. The second kappa shape index (κ2) is 7.61. The molecule has 1 fully saturated rings. The maximum atomic E-state index is 12.2. The second-order valence-corrected chi connectivity index (χ2v) is 7.50. The maximum absolute atomic E-state index is 12.2. The van der Waals surface area contributed by atoms with Crippen LogP contribution in [0.3, 0.4) is 0 Å². The predicted octanol–water partition coefficient (Wildman–Crippen LogP) is 4.01. The number of benzene rings is 1. The molecule has 0 radical (unpaired) electrons. The molecule has 24 heavy (non-hydrogen) atoms. The number of hydrogen-bond donors (Lipinski definition) is 1. The Bertz CT molecular complexity index is 712. The number of piperidine rings is 1. The number of amidine groups is 1. The van der Waals surface area contributed by atoms with Gasteiger partial charge >= 0.3 is 0 Å². The normalized spacial score (nSPS) is 19.8. The molecule has 0 spiro atoms. The van der Waals surface area contributed by atoms with E-state index in [-0.39, 0.29) is 11.7 Å². The number of phenols is 1. The summed E-state index contributed by atoms with van der Waals surface area (Å²) in [6.07, 6.45) is 5.33. The van der Waals surface area contributed by atoms with Crippen molar-refractivity contribution in [3.63, 3.8) is 0 Å². The molecule has 128 valence electrons. The monoisotopic (exact) mass is 410 g/mol. The van der Waals surface area contributed by atoms with Crippen LogP contribution in [0.5, 0.6) is 11.5 Å². The van der Waals surface area contributed by atoms with Crippen molar-refractivity contribution in [1.29, 1.82) is 0 Å². The summed E-state index contributed by atoms with van der Waals surface area (Å²) in [7, 11) is 0. The highest BCUT2D eigenvalue weighted by Gasteiger charge is 2.27. The Labute approximate surface area is 153 Å². The van der Waals surface area contributed by atoms with E-state index < -0.39 is 0 Å². The van der Waals surface area contributed by atoms with Gasteiger partial charge in [-0.15, -0.1) is 0 Å². The molecule has 3 rings (SSSR count). The second-order valence-electron chi connectivity index (χ2n) is 5.64. The quantitative estimate of drug-likeness (QED) is 0.762. The minimum atomic E-state index is -0.206. The lowest BCUT2D eigenvalue weighted by Crippen LogP contribution is -2.33. The number of halogens is 1. The van der Waals surface area contributed by atoms with E-state index in [2.05, 4.69) is 25.8 Å². The molecule has 0 unspecified atom stereocenters. The molecule has 0 aromatic heterocycles. The predicted molar refractivity (Wildman–Crippen MR) is 100 cm³/mol. The van der Waals surface area contributed by atoms with Gasteiger partial charge in [-0.3, -0.25) is 4.79 Å². The van der Waals surface area contributed by atoms with Gasteiger partial charge in [0, 0.05) is 13.1 Å². The number of carbonyl (C=O) groups is 1. The van der Waals surface area contributed by atoms with Crippen molar-refractivity contribution in [2.75, 3.05) is 19.7 Å². The van der Waals surface area contributed by atoms with Gasteiger partial charge in [0.1, 0.15) is 0 Å². The molecule has 1 saturated heterocycles. The molecule has 2 heterocycles. The molecular formula is C17H19BrN2O3S. The maximum Gasteiger partial charge on any atom is 0.286 e. The van der Waals surface area contributed by atoms with Crippen molar-refractivity contribution in [3.8, 4) is 11.5 Å². The highest BCUT2D eigenvalue weighted by Crippen LogP contribution is 2.38. The first kappa shape index (κ1) is 17.4. The zero-order valence-corrected chi connectivity index (χ0v) is 15.8. The third kappa shape index (κ3) is 3.78. The third-order valence-electron chi connectivity index (χ3n) is 3.88. The molecule has 5 nitrogen and oxygen atoms in total. The molecule has 1 amide bonds. The van der Waals surface area contributed by atoms with Gasteiger partial charge in [-0.05, 0) is 77.7 Å². The lowest BCUT2D eigenvalue weighted by Gasteiger charge is -2.27. The first-order valence-electron chi connectivity index (χ1n) is 8.01. The van der Waals surface area contributed by atoms with Gasteiger partial charge in [0.15, 0.2) is 16.7 Å². The Morgan fingerprint density at radius 3 is 2.83 bits per heavy atom. The number of ether oxygens (including phenoxy) is 1. The number of carbonyl (C=O) groups excluding carboxylic acids is 1. The molecule has 1 aromatic carbocycles. The van der Waals surface area contributed by atoms with E-state index >= 15 is 0 Å². The molecule has 0 saturated carbocycles. The Morgan fingerprint density at radius 2 is 2.12 bits per heavy atom. The van der Waals surface area contributed by atoms with Crippen LogP contribution in [0.1, 0.15) is 31.7 Å². The van der Waals surface area contributed by atoms with Crippen molar-refractivity contribution in [1.82, 2.24) is 4.90 Å². The van der Waals surface area contributed by atoms with Crippen molar-refractivity contribution in [2.45, 2.75) is 26.2 Å². The number of aromatic hydroxyl groups is 1. The summed E-state index contributed by atoms with van der Waals surface area (Å²) in [5.41, 5.74) is 0.786. The molecule has 2 aliphatic heterocycles. The van der Waals surface area contributed by atoms with E-state index in [0.29, 0.717) is 21.7 Å². The van der Waals surface area contributed by atoms with Gasteiger partial charge in [0.05, 0.1) is 16.0 Å². The first-order valence-corrected chi connectivity index (χ1v) is 9.62. The fraction of sp³-hybridized carbons (Fsp3) is 0.412. The van der Waals surface area contributed by atoms with E-state index in [1.54, 1.807) is 18.2 Å². The number of phenolic OH excluding ortho intramolecular Hbond substituents is 1. The van der Waals surface area contributed by atoms with Crippen LogP contribution >= 0.6 is 27.7 Å². The van der Waals surface area contributed by atoms with E-state index in [1.165, 1.54) is 18.2 Å². The molecular weight excluding hydrogens is 392 g/mol. The SMILES string of the molecule is CCOc1cc(/C=C2\SC(N3CCCCC3)=NC2=O)cc(Br)c1O. The molecule has 0 aliphatic carbocycles. The van der Waals surface area contributed by atoms with Gasteiger partial charge < -0.3 is 14.7 Å². The highest BCUT2D eigenvalue weighted by molar-refractivity contribution is 9.10. The zero-order chi connectivity index (χ0) is 17.1. The van der Waals surface area contributed by atoms with Crippen molar-refractivity contribution in [3.05, 3.63) is 27.1 Å². The van der Waals surface area contributed by atoms with Crippen LogP contribution in [0.4, 0.5) is 0 Å². The minimum absolute atomic E-state index is 0.0645. The summed E-state index contributed by atoms with van der Waals surface area (Å²) in [4.78, 5) is 19.2. The van der Waals surface area contributed by atoms with E-state index in [0.717, 1.165) is 36.7 Å². The van der Waals surface area contributed by atoms with Crippen LogP contribution in [0.25, 0.3) is 6.08 Å². The molecule has 0 atom stereocenters. The van der Waals surface area contributed by atoms with E-state index in [9.17, 15) is 9.90 Å². The molecule has 0 bridgehead atoms. The van der Waals surface area contributed by atoms with Crippen molar-refractivity contribution >= 4 is 44.8 Å². The van der Waals surface area contributed by atoms with Gasteiger partial charge in [-0.25, -0.2) is 0 Å².